The van der Waals surface area contributed by atoms with Crippen LogP contribution in [0.3, 0.4) is 0 Å². The molecule has 2 fully saturated rings. The maximum Gasteiger partial charge on any atom is 0.257 e. The molecule has 1 aromatic rings. The van der Waals surface area contributed by atoms with Crippen molar-refractivity contribution in [3.63, 3.8) is 0 Å². The number of phenols is 1. The third-order valence-electron chi connectivity index (χ3n) is 4.16. The number of phenolic OH excluding ortho intramolecular Hbond substituents is 1. The van der Waals surface area contributed by atoms with Gasteiger partial charge in [0.2, 0.25) is 5.91 Å². The maximum absolute atomic E-state index is 12.5. The molecule has 0 unspecified atom stereocenters. The average Bonchev–Trinajstić information content (AvgIpc) is 3.33. The molecule has 1 aliphatic carbocycles. The zero-order chi connectivity index (χ0) is 14.8. The van der Waals surface area contributed by atoms with Gasteiger partial charge in [-0.05, 0) is 31.4 Å². The first-order chi connectivity index (χ1) is 10.2. The number of carbonyl (C=O) groups excluding carboxylic acids is 2. The summed E-state index contributed by atoms with van der Waals surface area (Å²) >= 11 is 0. The molecule has 0 aromatic heterocycles. The van der Waals surface area contributed by atoms with Crippen LogP contribution in [0.4, 0.5) is 0 Å². The van der Waals surface area contributed by atoms with Gasteiger partial charge in [-0.3, -0.25) is 9.59 Å². The summed E-state index contributed by atoms with van der Waals surface area (Å²) in [7, 11) is 0. The van der Waals surface area contributed by atoms with Crippen LogP contribution in [0.1, 0.15) is 29.6 Å². The van der Waals surface area contributed by atoms with Crippen molar-refractivity contribution in [2.75, 3.05) is 26.2 Å². The molecule has 112 valence electrons. The van der Waals surface area contributed by atoms with Crippen molar-refractivity contribution >= 4 is 11.8 Å². The number of benzene rings is 1. The van der Waals surface area contributed by atoms with Crippen LogP contribution >= 0.6 is 0 Å². The lowest BCUT2D eigenvalue weighted by molar-refractivity contribution is -0.132. The number of hydrogen-bond donors (Lipinski definition) is 1. The smallest absolute Gasteiger partial charge is 0.257 e. The molecule has 1 saturated heterocycles. The molecule has 21 heavy (non-hydrogen) atoms. The number of carbonyl (C=O) groups is 2. The van der Waals surface area contributed by atoms with E-state index in [1.54, 1.807) is 23.1 Å². The van der Waals surface area contributed by atoms with E-state index in [-0.39, 0.29) is 23.5 Å². The van der Waals surface area contributed by atoms with Gasteiger partial charge in [-0.25, -0.2) is 0 Å². The summed E-state index contributed by atoms with van der Waals surface area (Å²) < 4.78 is 0. The molecule has 5 nitrogen and oxygen atoms in total. The highest BCUT2D eigenvalue weighted by Gasteiger charge is 2.34. The molecule has 0 radical (unpaired) electrons. The molecule has 2 amide bonds. The van der Waals surface area contributed by atoms with Crippen molar-refractivity contribution in [2.45, 2.75) is 19.3 Å². The summed E-state index contributed by atoms with van der Waals surface area (Å²) in [6, 6.07) is 6.60. The molecular formula is C16H20N2O3. The molecule has 3 rings (SSSR count). The van der Waals surface area contributed by atoms with E-state index in [2.05, 4.69) is 0 Å². The van der Waals surface area contributed by atoms with Crippen molar-refractivity contribution in [1.29, 1.82) is 0 Å². The van der Waals surface area contributed by atoms with Crippen molar-refractivity contribution in [3.05, 3.63) is 29.8 Å². The van der Waals surface area contributed by atoms with Gasteiger partial charge >= 0.3 is 0 Å². The van der Waals surface area contributed by atoms with E-state index in [0.717, 1.165) is 25.8 Å². The van der Waals surface area contributed by atoms with Crippen molar-refractivity contribution in [2.24, 2.45) is 5.92 Å². The van der Waals surface area contributed by atoms with Gasteiger partial charge in [0.15, 0.2) is 0 Å². The molecule has 1 N–H and O–H groups in total. The van der Waals surface area contributed by atoms with E-state index in [9.17, 15) is 14.7 Å². The minimum atomic E-state index is -0.158. The Labute approximate surface area is 124 Å². The lowest BCUT2D eigenvalue weighted by Gasteiger charge is -2.22. The summed E-state index contributed by atoms with van der Waals surface area (Å²) in [6.45, 7) is 2.47. The zero-order valence-corrected chi connectivity index (χ0v) is 12.0. The molecule has 1 aliphatic heterocycles. The maximum atomic E-state index is 12.5. The molecule has 0 bridgehead atoms. The quantitative estimate of drug-likeness (QED) is 0.896. The summed E-state index contributed by atoms with van der Waals surface area (Å²) in [5, 5.41) is 9.79. The monoisotopic (exact) mass is 288 g/mol. The van der Waals surface area contributed by atoms with Crippen molar-refractivity contribution in [1.82, 2.24) is 9.80 Å². The van der Waals surface area contributed by atoms with Gasteiger partial charge in [-0.15, -0.1) is 0 Å². The molecular weight excluding hydrogens is 268 g/mol. The zero-order valence-electron chi connectivity index (χ0n) is 12.0. The molecule has 0 atom stereocenters. The van der Waals surface area contributed by atoms with E-state index in [0.29, 0.717) is 25.2 Å². The normalized spacial score (nSPS) is 19.2. The van der Waals surface area contributed by atoms with Gasteiger partial charge in [0.1, 0.15) is 5.75 Å². The van der Waals surface area contributed by atoms with Gasteiger partial charge in [0, 0.05) is 32.1 Å². The van der Waals surface area contributed by atoms with E-state index in [1.165, 1.54) is 6.07 Å². The number of amides is 2. The standard InChI is InChI=1S/C16H20N2O3/c19-14-5-2-1-4-13(14)16(21)18-9-3-8-17(10-11-18)15(20)12-6-7-12/h1-2,4-5,12,19H,3,6-11H2. The largest absolute Gasteiger partial charge is 0.507 e. The fraction of sp³-hybridized carbons (Fsp3) is 0.500. The highest BCUT2D eigenvalue weighted by atomic mass is 16.3. The Morgan fingerprint density at radius 2 is 1.67 bits per heavy atom. The Bertz CT molecular complexity index is 554. The Morgan fingerprint density at radius 3 is 2.38 bits per heavy atom. The fourth-order valence-corrected chi connectivity index (χ4v) is 2.75. The fourth-order valence-electron chi connectivity index (χ4n) is 2.75. The van der Waals surface area contributed by atoms with Crippen LogP contribution in [-0.4, -0.2) is 52.9 Å². The van der Waals surface area contributed by atoms with Gasteiger partial charge < -0.3 is 14.9 Å². The highest BCUT2D eigenvalue weighted by Crippen LogP contribution is 2.31. The van der Waals surface area contributed by atoms with Crippen LogP contribution in [0.5, 0.6) is 5.75 Å². The van der Waals surface area contributed by atoms with E-state index < -0.39 is 0 Å². The lowest BCUT2D eigenvalue weighted by Crippen LogP contribution is -2.38. The SMILES string of the molecule is O=C(c1ccccc1O)N1CCCN(C(=O)C2CC2)CC1. The highest BCUT2D eigenvalue weighted by molar-refractivity contribution is 5.96. The van der Waals surface area contributed by atoms with Crippen LogP contribution in [-0.2, 0) is 4.79 Å². The average molecular weight is 288 g/mol. The predicted molar refractivity (Wildman–Crippen MR) is 77.9 cm³/mol. The predicted octanol–water partition coefficient (Wildman–Crippen LogP) is 1.48. The third-order valence-corrected chi connectivity index (χ3v) is 4.16. The Morgan fingerprint density at radius 1 is 1.00 bits per heavy atom. The van der Waals surface area contributed by atoms with Crippen LogP contribution < -0.4 is 0 Å². The first-order valence-corrected chi connectivity index (χ1v) is 7.53. The topological polar surface area (TPSA) is 60.9 Å². The first-order valence-electron chi connectivity index (χ1n) is 7.53. The summed E-state index contributed by atoms with van der Waals surface area (Å²) in [5.41, 5.74) is 0.333. The van der Waals surface area contributed by atoms with Crippen LogP contribution in [0.2, 0.25) is 0 Å². The van der Waals surface area contributed by atoms with Crippen LogP contribution in [0, 0.1) is 5.92 Å². The van der Waals surface area contributed by atoms with Gasteiger partial charge in [-0.2, -0.15) is 0 Å². The van der Waals surface area contributed by atoms with Gasteiger partial charge in [0.05, 0.1) is 5.56 Å². The minimum absolute atomic E-state index is 0.0117. The van der Waals surface area contributed by atoms with E-state index in [4.69, 9.17) is 0 Å². The Hall–Kier alpha value is -2.04. The van der Waals surface area contributed by atoms with Gasteiger partial charge in [-0.1, -0.05) is 12.1 Å². The number of hydrogen-bond acceptors (Lipinski definition) is 3. The van der Waals surface area contributed by atoms with Crippen molar-refractivity contribution < 1.29 is 14.7 Å². The lowest BCUT2D eigenvalue weighted by atomic mass is 10.1. The molecule has 1 aromatic carbocycles. The summed E-state index contributed by atoms with van der Waals surface area (Å²) in [4.78, 5) is 28.2. The van der Waals surface area contributed by atoms with Gasteiger partial charge in [0.25, 0.3) is 5.91 Å². The van der Waals surface area contributed by atoms with Crippen LogP contribution in [0.25, 0.3) is 0 Å². The molecule has 0 spiro atoms. The number of nitrogens with zero attached hydrogens (tertiary/aromatic N) is 2. The summed E-state index contributed by atoms with van der Waals surface area (Å²) in [6.07, 6.45) is 2.81. The second-order valence-electron chi connectivity index (χ2n) is 5.76. The molecule has 5 heteroatoms. The van der Waals surface area contributed by atoms with Crippen LogP contribution in [0.15, 0.2) is 24.3 Å². The second kappa shape index (κ2) is 5.76. The van der Waals surface area contributed by atoms with E-state index in [1.807, 2.05) is 4.90 Å². The Balaban J connectivity index is 1.66. The molecule has 1 saturated carbocycles. The minimum Gasteiger partial charge on any atom is -0.507 e. The third kappa shape index (κ3) is 3.01. The molecule has 2 aliphatic rings. The number of aromatic hydroxyl groups is 1. The number of para-hydroxylation sites is 1. The number of rotatable bonds is 2. The first kappa shape index (κ1) is 13.9. The summed E-state index contributed by atoms with van der Waals surface area (Å²) in [5.74, 6) is 0.323. The van der Waals surface area contributed by atoms with E-state index >= 15 is 0 Å². The Kier molecular flexibility index (Phi) is 3.82. The van der Waals surface area contributed by atoms with Crippen molar-refractivity contribution in [3.8, 4) is 5.75 Å². The molecule has 1 heterocycles. The second-order valence-corrected chi connectivity index (χ2v) is 5.76.